The van der Waals surface area contributed by atoms with Gasteiger partial charge in [0.15, 0.2) is 0 Å². The SMILES string of the molecule is C1CNCCN1.O=C(O)CCNC(=O)c1ccccc1.O=C(O)CCNC(=O)c1ccccc1. The van der Waals surface area contributed by atoms with Crippen LogP contribution in [-0.2, 0) is 9.59 Å². The second kappa shape index (κ2) is 17.8. The fourth-order valence-electron chi connectivity index (χ4n) is 2.55. The Balaban J connectivity index is 0.000000274. The fraction of sp³-hybridized carbons (Fsp3) is 0.333. The van der Waals surface area contributed by atoms with Crippen LogP contribution in [-0.4, -0.2) is 73.2 Å². The van der Waals surface area contributed by atoms with Crippen LogP contribution in [0.15, 0.2) is 60.7 Å². The van der Waals surface area contributed by atoms with E-state index in [1.165, 1.54) is 0 Å². The topological polar surface area (TPSA) is 157 Å². The zero-order valence-electron chi connectivity index (χ0n) is 19.0. The molecule has 0 saturated carbocycles. The molecule has 0 aliphatic carbocycles. The third-order valence-electron chi connectivity index (χ3n) is 4.28. The van der Waals surface area contributed by atoms with Crippen LogP contribution in [0, 0.1) is 0 Å². The number of aliphatic carboxylic acids is 2. The quantitative estimate of drug-likeness (QED) is 0.332. The standard InChI is InChI=1S/2C10H11NO3.C4H10N2/c2*12-9(13)6-7-11-10(14)8-4-2-1-3-5-8;1-2-6-4-3-5-1/h2*1-5H,6-7H2,(H,11,14)(H,12,13);5-6H,1-4H2. The molecule has 6 N–H and O–H groups in total. The van der Waals surface area contributed by atoms with E-state index in [-0.39, 0.29) is 37.7 Å². The van der Waals surface area contributed by atoms with Crippen LogP contribution in [0.5, 0.6) is 0 Å². The van der Waals surface area contributed by atoms with E-state index in [1.54, 1.807) is 48.5 Å². The van der Waals surface area contributed by atoms with Crippen LogP contribution in [0.3, 0.4) is 0 Å². The molecule has 0 spiro atoms. The minimum absolute atomic E-state index is 0.0570. The van der Waals surface area contributed by atoms with Crippen molar-refractivity contribution in [3.8, 4) is 0 Å². The number of carbonyl (C=O) groups excluding carboxylic acids is 2. The number of piperazine rings is 1. The number of hydrogen-bond donors (Lipinski definition) is 6. The zero-order chi connectivity index (χ0) is 25.0. The number of amides is 2. The van der Waals surface area contributed by atoms with Crippen LogP contribution in [0.25, 0.3) is 0 Å². The van der Waals surface area contributed by atoms with Crippen LogP contribution in [0.2, 0.25) is 0 Å². The summed E-state index contributed by atoms with van der Waals surface area (Å²) in [6, 6.07) is 17.4. The molecule has 3 rings (SSSR count). The van der Waals surface area contributed by atoms with Crippen molar-refractivity contribution >= 4 is 23.8 Å². The second-order valence-corrected chi connectivity index (χ2v) is 7.03. The third-order valence-corrected chi connectivity index (χ3v) is 4.28. The molecule has 1 aliphatic heterocycles. The molecule has 1 aliphatic rings. The van der Waals surface area contributed by atoms with Crippen LogP contribution in [0.1, 0.15) is 33.6 Å². The monoisotopic (exact) mass is 472 g/mol. The number of rotatable bonds is 8. The molecular weight excluding hydrogens is 440 g/mol. The average molecular weight is 473 g/mol. The molecule has 0 radical (unpaired) electrons. The normalized spacial score (nSPS) is 12.0. The van der Waals surface area contributed by atoms with Crippen molar-refractivity contribution in [2.24, 2.45) is 0 Å². The Labute approximate surface area is 198 Å². The number of hydrogen-bond acceptors (Lipinski definition) is 6. The van der Waals surface area contributed by atoms with Crippen molar-refractivity contribution in [1.29, 1.82) is 0 Å². The van der Waals surface area contributed by atoms with E-state index < -0.39 is 11.9 Å². The predicted molar refractivity (Wildman–Crippen MR) is 128 cm³/mol. The van der Waals surface area contributed by atoms with Crippen LogP contribution < -0.4 is 21.3 Å². The Bertz CT molecular complexity index is 795. The van der Waals surface area contributed by atoms with Gasteiger partial charge in [0.05, 0.1) is 12.8 Å². The van der Waals surface area contributed by atoms with Gasteiger partial charge in [-0.15, -0.1) is 0 Å². The molecule has 1 saturated heterocycles. The maximum atomic E-state index is 11.3. The summed E-state index contributed by atoms with van der Waals surface area (Å²) in [7, 11) is 0. The van der Waals surface area contributed by atoms with E-state index in [0.29, 0.717) is 11.1 Å². The number of carboxylic acid groups (broad SMARTS) is 2. The van der Waals surface area contributed by atoms with E-state index >= 15 is 0 Å². The predicted octanol–water partition coefficient (Wildman–Crippen LogP) is 0.961. The minimum atomic E-state index is -0.918. The van der Waals surface area contributed by atoms with Gasteiger partial charge in [0.25, 0.3) is 11.8 Å². The molecule has 0 bridgehead atoms. The second-order valence-electron chi connectivity index (χ2n) is 7.03. The van der Waals surface area contributed by atoms with Crippen LogP contribution >= 0.6 is 0 Å². The summed E-state index contributed by atoms with van der Waals surface area (Å²) in [5.74, 6) is -2.32. The van der Waals surface area contributed by atoms with Gasteiger partial charge in [0.2, 0.25) is 0 Å². The molecule has 2 aromatic rings. The van der Waals surface area contributed by atoms with Crippen molar-refractivity contribution in [2.45, 2.75) is 12.8 Å². The molecule has 2 aromatic carbocycles. The summed E-state index contributed by atoms with van der Waals surface area (Å²) in [5.41, 5.74) is 1.08. The van der Waals surface area contributed by atoms with E-state index in [4.69, 9.17) is 10.2 Å². The number of carbonyl (C=O) groups is 4. The number of carboxylic acids is 2. The molecule has 34 heavy (non-hydrogen) atoms. The van der Waals surface area contributed by atoms with Gasteiger partial charge in [-0.3, -0.25) is 19.2 Å². The first-order valence-electron chi connectivity index (χ1n) is 10.9. The Morgan fingerprint density at radius 3 is 1.21 bits per heavy atom. The van der Waals surface area contributed by atoms with Gasteiger partial charge in [-0.05, 0) is 24.3 Å². The van der Waals surface area contributed by atoms with Gasteiger partial charge in [-0.1, -0.05) is 36.4 Å². The average Bonchev–Trinajstić information content (AvgIpc) is 2.86. The zero-order valence-corrected chi connectivity index (χ0v) is 19.0. The first-order valence-corrected chi connectivity index (χ1v) is 10.9. The summed E-state index contributed by atoms with van der Waals surface area (Å²) in [6.45, 7) is 4.87. The minimum Gasteiger partial charge on any atom is -0.481 e. The van der Waals surface area contributed by atoms with E-state index in [1.807, 2.05) is 12.1 Å². The molecule has 1 fully saturated rings. The lowest BCUT2D eigenvalue weighted by Crippen LogP contribution is -2.39. The lowest BCUT2D eigenvalue weighted by atomic mass is 10.2. The smallest absolute Gasteiger partial charge is 0.305 e. The Morgan fingerprint density at radius 2 is 0.941 bits per heavy atom. The van der Waals surface area contributed by atoms with E-state index in [9.17, 15) is 19.2 Å². The molecular formula is C24H32N4O6. The van der Waals surface area contributed by atoms with Crippen molar-refractivity contribution in [2.75, 3.05) is 39.3 Å². The van der Waals surface area contributed by atoms with Crippen molar-refractivity contribution in [3.05, 3.63) is 71.8 Å². The van der Waals surface area contributed by atoms with Crippen molar-refractivity contribution in [1.82, 2.24) is 21.3 Å². The molecule has 0 atom stereocenters. The molecule has 2 amide bonds. The maximum absolute atomic E-state index is 11.3. The Morgan fingerprint density at radius 1 is 0.618 bits per heavy atom. The number of benzene rings is 2. The molecule has 1 heterocycles. The molecule has 10 heteroatoms. The van der Waals surface area contributed by atoms with Gasteiger partial charge in [-0.25, -0.2) is 0 Å². The summed E-state index contributed by atoms with van der Waals surface area (Å²) in [6.07, 6.45) is -0.114. The maximum Gasteiger partial charge on any atom is 0.305 e. The van der Waals surface area contributed by atoms with Crippen molar-refractivity contribution in [3.63, 3.8) is 0 Å². The summed E-state index contributed by atoms with van der Waals surface area (Å²) in [4.78, 5) is 43.0. The van der Waals surface area contributed by atoms with Gasteiger partial charge in [0, 0.05) is 50.4 Å². The third kappa shape index (κ3) is 14.3. The fourth-order valence-corrected chi connectivity index (χ4v) is 2.55. The summed E-state index contributed by atoms with van der Waals surface area (Å²) < 4.78 is 0. The Kier molecular flexibility index (Phi) is 14.8. The van der Waals surface area contributed by atoms with Gasteiger partial charge >= 0.3 is 11.9 Å². The van der Waals surface area contributed by atoms with Gasteiger partial charge in [-0.2, -0.15) is 0 Å². The molecule has 0 aromatic heterocycles. The largest absolute Gasteiger partial charge is 0.481 e. The highest BCUT2D eigenvalue weighted by Crippen LogP contribution is 1.98. The van der Waals surface area contributed by atoms with E-state index in [0.717, 1.165) is 26.2 Å². The summed E-state index contributed by atoms with van der Waals surface area (Å²) >= 11 is 0. The van der Waals surface area contributed by atoms with Crippen molar-refractivity contribution < 1.29 is 29.4 Å². The first-order chi connectivity index (χ1) is 16.4. The molecule has 184 valence electrons. The van der Waals surface area contributed by atoms with E-state index in [2.05, 4.69) is 21.3 Å². The summed E-state index contributed by atoms with van der Waals surface area (Å²) in [5, 5.41) is 28.2. The highest BCUT2D eigenvalue weighted by Gasteiger charge is 2.05. The molecule has 10 nitrogen and oxygen atoms in total. The lowest BCUT2D eigenvalue weighted by Gasteiger charge is -2.11. The molecule has 0 unspecified atom stereocenters. The van der Waals surface area contributed by atoms with Gasteiger partial charge in [0.1, 0.15) is 0 Å². The highest BCUT2D eigenvalue weighted by atomic mass is 16.4. The number of nitrogens with one attached hydrogen (secondary N) is 4. The first kappa shape index (κ1) is 28.3. The highest BCUT2D eigenvalue weighted by molar-refractivity contribution is 5.94. The van der Waals surface area contributed by atoms with Gasteiger partial charge < -0.3 is 31.5 Å². The van der Waals surface area contributed by atoms with Crippen LogP contribution in [0.4, 0.5) is 0 Å². The lowest BCUT2D eigenvalue weighted by molar-refractivity contribution is -0.137. The Hall–Kier alpha value is -3.76.